The highest BCUT2D eigenvalue weighted by molar-refractivity contribution is 8.14. The van der Waals surface area contributed by atoms with Crippen LogP contribution in [-0.4, -0.2) is 10.8 Å². The predicted octanol–water partition coefficient (Wildman–Crippen LogP) is 7.92. The molecule has 0 heterocycles. The fourth-order valence-corrected chi connectivity index (χ4v) is 5.12. The van der Waals surface area contributed by atoms with E-state index in [2.05, 4.69) is 42.7 Å². The summed E-state index contributed by atoms with van der Waals surface area (Å²) in [6.45, 7) is 2.10. The van der Waals surface area contributed by atoms with Gasteiger partial charge in [0.2, 0.25) is 0 Å². The van der Waals surface area contributed by atoms with Gasteiger partial charge >= 0.3 is 0 Å². The minimum Gasteiger partial charge on any atom is -0.242 e. The number of thioether (sulfide) groups is 2. The lowest BCUT2D eigenvalue weighted by Crippen LogP contribution is -2.09. The van der Waals surface area contributed by atoms with Crippen LogP contribution in [0.1, 0.15) is 43.2 Å². The topological polar surface area (TPSA) is 12.4 Å². The minimum absolute atomic E-state index is 0.184. The van der Waals surface area contributed by atoms with Crippen LogP contribution in [0.2, 0.25) is 0 Å². The summed E-state index contributed by atoms with van der Waals surface area (Å²) in [5.74, 6) is 2.62. The molecule has 1 aliphatic rings. The van der Waals surface area contributed by atoms with Crippen molar-refractivity contribution in [2.75, 3.05) is 5.75 Å². The fraction of sp³-hybridized carbons (Fsp3) is 0.375. The molecule has 0 radical (unpaired) electrons. The SMILES string of the molecule is Cc1ccc(N=C(C=CSCc2ccc(F)cc2)SCC2CCCCC2)cc1. The molecule has 3 rings (SSSR count). The first-order valence-corrected chi connectivity index (χ1v) is 12.0. The highest BCUT2D eigenvalue weighted by Crippen LogP contribution is 2.28. The van der Waals surface area contributed by atoms with E-state index >= 15 is 0 Å². The summed E-state index contributed by atoms with van der Waals surface area (Å²) < 4.78 is 13.0. The van der Waals surface area contributed by atoms with Crippen molar-refractivity contribution in [3.8, 4) is 0 Å². The Bertz CT molecular complexity index is 775. The fourth-order valence-electron chi connectivity index (χ4n) is 3.25. The molecule has 0 spiro atoms. The van der Waals surface area contributed by atoms with Crippen LogP contribution >= 0.6 is 23.5 Å². The molecule has 2 aromatic rings. The number of aryl methyl sites for hydroxylation is 1. The number of halogens is 1. The first-order chi connectivity index (χ1) is 13.7. The second-order valence-corrected chi connectivity index (χ2v) is 9.28. The normalized spacial score (nSPS) is 16.0. The average molecular weight is 414 g/mol. The summed E-state index contributed by atoms with van der Waals surface area (Å²) >= 11 is 3.59. The number of rotatable bonds is 7. The maximum absolute atomic E-state index is 13.0. The number of hydrogen-bond donors (Lipinski definition) is 0. The largest absolute Gasteiger partial charge is 0.242 e. The number of benzene rings is 2. The van der Waals surface area contributed by atoms with E-state index < -0.39 is 0 Å². The zero-order valence-electron chi connectivity index (χ0n) is 16.4. The summed E-state index contributed by atoms with van der Waals surface area (Å²) in [7, 11) is 0. The van der Waals surface area contributed by atoms with Crippen LogP contribution in [0.3, 0.4) is 0 Å². The smallest absolute Gasteiger partial charge is 0.123 e. The molecule has 0 unspecified atom stereocenters. The van der Waals surface area contributed by atoms with Crippen molar-refractivity contribution in [1.82, 2.24) is 0 Å². The quantitative estimate of drug-likeness (QED) is 0.337. The van der Waals surface area contributed by atoms with Gasteiger partial charge in [0, 0.05) is 11.5 Å². The van der Waals surface area contributed by atoms with E-state index in [9.17, 15) is 4.39 Å². The second kappa shape index (κ2) is 11.5. The van der Waals surface area contributed by atoms with Gasteiger partial charge in [-0.3, -0.25) is 0 Å². The number of aliphatic imine (C=N–C) groups is 1. The van der Waals surface area contributed by atoms with E-state index in [1.54, 1.807) is 11.8 Å². The lowest BCUT2D eigenvalue weighted by molar-refractivity contribution is 0.391. The van der Waals surface area contributed by atoms with Crippen LogP contribution in [-0.2, 0) is 5.75 Å². The molecular formula is C24H28FNS2. The molecule has 2 aromatic carbocycles. The first kappa shape index (κ1) is 21.2. The van der Waals surface area contributed by atoms with Gasteiger partial charge in [-0.25, -0.2) is 9.38 Å². The minimum atomic E-state index is -0.184. The highest BCUT2D eigenvalue weighted by atomic mass is 32.2. The van der Waals surface area contributed by atoms with Crippen LogP contribution in [0.5, 0.6) is 0 Å². The molecule has 0 atom stereocenters. The van der Waals surface area contributed by atoms with Gasteiger partial charge in [0.1, 0.15) is 5.82 Å². The Morgan fingerprint density at radius 1 is 1.04 bits per heavy atom. The lowest BCUT2D eigenvalue weighted by Gasteiger charge is -2.20. The van der Waals surface area contributed by atoms with E-state index in [-0.39, 0.29) is 5.82 Å². The Labute approximate surface area is 176 Å². The van der Waals surface area contributed by atoms with Gasteiger partial charge in [-0.05, 0) is 67.0 Å². The maximum Gasteiger partial charge on any atom is 0.123 e. The van der Waals surface area contributed by atoms with Gasteiger partial charge in [0.15, 0.2) is 0 Å². The summed E-state index contributed by atoms with van der Waals surface area (Å²) in [4.78, 5) is 4.87. The Hall–Kier alpha value is -1.52. The van der Waals surface area contributed by atoms with Crippen molar-refractivity contribution in [3.05, 3.63) is 77.0 Å². The molecule has 1 fully saturated rings. The van der Waals surface area contributed by atoms with Crippen LogP contribution < -0.4 is 0 Å². The van der Waals surface area contributed by atoms with Gasteiger partial charge in [0.25, 0.3) is 0 Å². The standard InChI is InChI=1S/C24H28FNS2/c1-19-7-13-23(14-8-19)26-24(28-18-20-5-3-2-4-6-20)15-16-27-17-21-9-11-22(25)12-10-21/h7-16,20H,2-6,17-18H2,1H3. The summed E-state index contributed by atoms with van der Waals surface area (Å²) in [6, 6.07) is 15.1. The van der Waals surface area contributed by atoms with E-state index in [1.807, 2.05) is 23.9 Å². The number of nitrogens with zero attached hydrogens (tertiary/aromatic N) is 1. The van der Waals surface area contributed by atoms with Crippen molar-refractivity contribution in [2.45, 2.75) is 44.8 Å². The van der Waals surface area contributed by atoms with E-state index in [1.165, 1.54) is 49.8 Å². The van der Waals surface area contributed by atoms with Crippen LogP contribution in [0, 0.1) is 18.7 Å². The Balaban J connectivity index is 1.60. The molecule has 1 nitrogen and oxygen atoms in total. The summed E-state index contributed by atoms with van der Waals surface area (Å²) in [5.41, 5.74) is 3.38. The van der Waals surface area contributed by atoms with E-state index in [0.29, 0.717) is 0 Å². The van der Waals surface area contributed by atoms with E-state index in [4.69, 9.17) is 4.99 Å². The third kappa shape index (κ3) is 7.48. The zero-order chi connectivity index (χ0) is 19.6. The predicted molar refractivity (Wildman–Crippen MR) is 124 cm³/mol. The molecule has 28 heavy (non-hydrogen) atoms. The Morgan fingerprint density at radius 3 is 2.46 bits per heavy atom. The van der Waals surface area contributed by atoms with Gasteiger partial charge in [-0.15, -0.1) is 23.5 Å². The molecule has 0 bridgehead atoms. The Kier molecular flexibility index (Phi) is 8.69. The monoisotopic (exact) mass is 413 g/mol. The highest BCUT2D eigenvalue weighted by Gasteiger charge is 2.14. The van der Waals surface area contributed by atoms with Crippen LogP contribution in [0.4, 0.5) is 10.1 Å². The molecule has 0 N–H and O–H groups in total. The van der Waals surface area contributed by atoms with Gasteiger partial charge in [-0.2, -0.15) is 0 Å². The summed E-state index contributed by atoms with van der Waals surface area (Å²) in [6.07, 6.45) is 8.98. The molecule has 0 aromatic heterocycles. The molecular weight excluding hydrogens is 385 g/mol. The van der Waals surface area contributed by atoms with Crippen molar-refractivity contribution in [2.24, 2.45) is 10.9 Å². The Morgan fingerprint density at radius 2 is 1.75 bits per heavy atom. The number of hydrogen-bond acceptors (Lipinski definition) is 3. The summed E-state index contributed by atoms with van der Waals surface area (Å²) in [5, 5.41) is 3.19. The zero-order valence-corrected chi connectivity index (χ0v) is 18.1. The molecule has 148 valence electrons. The van der Waals surface area contributed by atoms with Crippen LogP contribution in [0.25, 0.3) is 0 Å². The van der Waals surface area contributed by atoms with E-state index in [0.717, 1.165) is 33.7 Å². The molecule has 4 heteroatoms. The molecule has 0 amide bonds. The third-order valence-electron chi connectivity index (χ3n) is 4.94. The van der Waals surface area contributed by atoms with Crippen molar-refractivity contribution < 1.29 is 4.39 Å². The third-order valence-corrected chi connectivity index (χ3v) is 6.92. The van der Waals surface area contributed by atoms with Gasteiger partial charge in [-0.1, -0.05) is 49.1 Å². The van der Waals surface area contributed by atoms with Crippen molar-refractivity contribution in [1.29, 1.82) is 0 Å². The molecule has 1 saturated carbocycles. The average Bonchev–Trinajstić information content (AvgIpc) is 2.73. The second-order valence-electron chi connectivity index (χ2n) is 7.34. The lowest BCUT2D eigenvalue weighted by atomic mass is 9.91. The van der Waals surface area contributed by atoms with Crippen LogP contribution in [0.15, 0.2) is 65.0 Å². The first-order valence-electron chi connectivity index (χ1n) is 10.00. The van der Waals surface area contributed by atoms with Crippen molar-refractivity contribution >= 4 is 34.3 Å². The van der Waals surface area contributed by atoms with Crippen molar-refractivity contribution in [3.63, 3.8) is 0 Å². The van der Waals surface area contributed by atoms with Gasteiger partial charge in [0.05, 0.1) is 10.7 Å². The maximum atomic E-state index is 13.0. The molecule has 0 saturated heterocycles. The molecule has 0 aliphatic heterocycles. The molecule has 1 aliphatic carbocycles. The van der Waals surface area contributed by atoms with Gasteiger partial charge < -0.3 is 0 Å².